The molecule has 4 aromatic rings. The van der Waals surface area contributed by atoms with Crippen LogP contribution in [0.3, 0.4) is 0 Å². The molecule has 0 radical (unpaired) electrons. The van der Waals surface area contributed by atoms with Gasteiger partial charge in [-0.3, -0.25) is 14.3 Å². The molecule has 1 amide bonds. The minimum atomic E-state index is -1.27. The summed E-state index contributed by atoms with van der Waals surface area (Å²) in [6, 6.07) is 4.42. The van der Waals surface area contributed by atoms with Crippen LogP contribution >= 0.6 is 11.3 Å². The van der Waals surface area contributed by atoms with Crippen molar-refractivity contribution < 1.29 is 23.8 Å². The number of nitrogen functional groups attached to an aromatic ring is 1. The smallest absolute Gasteiger partial charge is 0.309 e. The van der Waals surface area contributed by atoms with Crippen molar-refractivity contribution in [2.24, 2.45) is 5.41 Å². The zero-order chi connectivity index (χ0) is 29.1. The highest BCUT2D eigenvalue weighted by Gasteiger charge is 2.50. The molecular weight excluding hydrogens is 549 g/mol. The summed E-state index contributed by atoms with van der Waals surface area (Å²) in [6.45, 7) is 6.10. The molecule has 2 aliphatic heterocycles. The lowest BCUT2D eigenvalue weighted by molar-refractivity contribution is -0.146. The van der Waals surface area contributed by atoms with E-state index in [1.165, 1.54) is 23.5 Å². The van der Waals surface area contributed by atoms with E-state index < -0.39 is 16.8 Å². The third-order valence-corrected chi connectivity index (χ3v) is 8.99. The molecule has 2 aliphatic rings. The number of thiazole rings is 1. The van der Waals surface area contributed by atoms with Gasteiger partial charge < -0.3 is 20.9 Å². The van der Waals surface area contributed by atoms with Crippen LogP contribution in [0.4, 0.5) is 16.0 Å². The Bertz CT molecular complexity index is 1690. The molecule has 0 spiro atoms. The Morgan fingerprint density at radius 2 is 2.12 bits per heavy atom. The number of halogens is 1. The lowest BCUT2D eigenvalue weighted by Gasteiger charge is -2.22. The van der Waals surface area contributed by atoms with Gasteiger partial charge in [0.1, 0.15) is 33.6 Å². The van der Waals surface area contributed by atoms with Crippen molar-refractivity contribution in [3.05, 3.63) is 45.7 Å². The number of nitrogens with zero attached hydrogens (tertiary/aromatic N) is 5. The fourth-order valence-electron chi connectivity index (χ4n) is 5.46. The van der Waals surface area contributed by atoms with Crippen LogP contribution in [0.2, 0.25) is 0 Å². The molecule has 0 aliphatic carbocycles. The lowest BCUT2D eigenvalue weighted by atomic mass is 9.85. The second-order valence-corrected chi connectivity index (χ2v) is 12.3. The third kappa shape index (κ3) is 4.62. The Morgan fingerprint density at radius 1 is 1.32 bits per heavy atom. The lowest BCUT2D eigenvalue weighted by Crippen LogP contribution is -2.33. The largest absolute Gasteiger partial charge is 0.481 e. The summed E-state index contributed by atoms with van der Waals surface area (Å²) < 4.78 is 21.9. The van der Waals surface area contributed by atoms with Crippen LogP contribution in [0.25, 0.3) is 22.4 Å². The molecule has 6 rings (SSSR count). The summed E-state index contributed by atoms with van der Waals surface area (Å²) in [6.07, 6.45) is 3.15. The zero-order valence-electron chi connectivity index (χ0n) is 22.9. The number of hydrogen-bond donors (Lipinski definition) is 3. The first-order chi connectivity index (χ1) is 19.5. The monoisotopic (exact) mass is 579 g/mol. The summed E-state index contributed by atoms with van der Waals surface area (Å²) in [5.41, 5.74) is 6.19. The molecule has 0 bridgehead atoms. The van der Waals surface area contributed by atoms with E-state index in [4.69, 9.17) is 15.6 Å². The van der Waals surface area contributed by atoms with Gasteiger partial charge >= 0.3 is 5.97 Å². The number of benzene rings is 1. The molecule has 1 aromatic carbocycles. The van der Waals surface area contributed by atoms with E-state index in [0.717, 1.165) is 19.3 Å². The Balaban J connectivity index is 1.39. The number of aromatic nitrogens is 5. The molecule has 11 nitrogen and oxygen atoms in total. The maximum Gasteiger partial charge on any atom is 0.309 e. The number of rotatable bonds is 7. The van der Waals surface area contributed by atoms with Gasteiger partial charge in [0.05, 0.1) is 34.8 Å². The molecule has 2 atom stereocenters. The first kappa shape index (κ1) is 27.2. The van der Waals surface area contributed by atoms with Crippen molar-refractivity contribution in [3.8, 4) is 11.5 Å². The quantitative estimate of drug-likeness (QED) is 0.292. The molecule has 1 fully saturated rings. The van der Waals surface area contributed by atoms with Crippen molar-refractivity contribution in [1.82, 2.24) is 24.7 Å². The molecule has 5 heterocycles. The van der Waals surface area contributed by atoms with Gasteiger partial charge in [0, 0.05) is 23.8 Å². The van der Waals surface area contributed by atoms with Crippen molar-refractivity contribution in [3.63, 3.8) is 0 Å². The first-order valence-electron chi connectivity index (χ1n) is 13.4. The minimum absolute atomic E-state index is 0.0294. The van der Waals surface area contributed by atoms with Crippen LogP contribution in [-0.2, 0) is 32.7 Å². The van der Waals surface area contributed by atoms with E-state index in [0.29, 0.717) is 46.0 Å². The number of aliphatic carboxylic acids is 1. The summed E-state index contributed by atoms with van der Waals surface area (Å²) in [4.78, 5) is 38.9. The minimum Gasteiger partial charge on any atom is -0.481 e. The van der Waals surface area contributed by atoms with Crippen molar-refractivity contribution in [1.29, 1.82) is 0 Å². The number of ether oxygens (including phenoxy) is 1. The molecular formula is C28H30FN7O4S. The molecule has 214 valence electrons. The SMILES string of the molecule is CC(C)(Cc1csc(C2(C)C(=O)Nc3nc(-c4nn(CC5CCCCO5)c5cc(F)ccc45)nc(N)c32)n1)C(=O)O. The fourth-order valence-corrected chi connectivity index (χ4v) is 6.44. The Hall–Kier alpha value is -3.97. The van der Waals surface area contributed by atoms with Crippen molar-refractivity contribution in [2.75, 3.05) is 17.7 Å². The predicted octanol–water partition coefficient (Wildman–Crippen LogP) is 4.15. The number of anilines is 2. The number of carbonyl (C=O) groups excluding carboxylic acids is 1. The standard InChI is InChI=1S/C28H30FN7O4S/c1-27(2,26(38)39)11-15-13-41-25(31-15)28(3)19-21(30)32-23(33-22(19)34-24(28)37)20-17-8-7-14(29)10-18(17)36(35-20)12-16-6-4-5-9-40-16/h7-8,10,13,16H,4-6,9,11-12H2,1-3H3,(H,38,39)(H3,30,32,33,34,37). The average molecular weight is 580 g/mol. The van der Waals surface area contributed by atoms with Crippen LogP contribution in [0.5, 0.6) is 0 Å². The first-order valence-corrected chi connectivity index (χ1v) is 14.3. The average Bonchev–Trinajstić information content (AvgIpc) is 3.60. The second-order valence-electron chi connectivity index (χ2n) is 11.4. The van der Waals surface area contributed by atoms with Gasteiger partial charge in [0.2, 0.25) is 5.91 Å². The molecule has 4 N–H and O–H groups in total. The molecule has 1 saturated heterocycles. The second kappa shape index (κ2) is 9.84. The number of carbonyl (C=O) groups is 2. The normalized spacial score (nSPS) is 20.8. The number of carboxylic acid groups (broad SMARTS) is 1. The number of nitrogens with one attached hydrogen (secondary N) is 1. The Labute approximate surface area is 239 Å². The van der Waals surface area contributed by atoms with Gasteiger partial charge in [-0.05, 0) is 58.2 Å². The van der Waals surface area contributed by atoms with E-state index >= 15 is 0 Å². The number of carboxylic acids is 1. The molecule has 13 heteroatoms. The van der Waals surface area contributed by atoms with Gasteiger partial charge in [0.25, 0.3) is 0 Å². The van der Waals surface area contributed by atoms with Crippen molar-refractivity contribution in [2.45, 2.75) is 64.5 Å². The Morgan fingerprint density at radius 3 is 2.85 bits per heavy atom. The summed E-state index contributed by atoms with van der Waals surface area (Å²) in [5.74, 6) is -1.14. The van der Waals surface area contributed by atoms with E-state index in [1.54, 1.807) is 36.9 Å². The van der Waals surface area contributed by atoms with E-state index in [9.17, 15) is 19.1 Å². The van der Waals surface area contributed by atoms with Crippen LogP contribution in [-0.4, -0.2) is 54.4 Å². The summed E-state index contributed by atoms with van der Waals surface area (Å²) >= 11 is 1.26. The molecule has 3 aromatic heterocycles. The maximum absolute atomic E-state index is 14.3. The van der Waals surface area contributed by atoms with Crippen LogP contribution in [0.15, 0.2) is 23.6 Å². The third-order valence-electron chi connectivity index (χ3n) is 7.88. The topological polar surface area (TPSA) is 158 Å². The van der Waals surface area contributed by atoms with Gasteiger partial charge in [-0.25, -0.2) is 19.3 Å². The van der Waals surface area contributed by atoms with Gasteiger partial charge in [-0.1, -0.05) is 0 Å². The summed E-state index contributed by atoms with van der Waals surface area (Å²) in [5, 5.41) is 20.0. The molecule has 0 saturated carbocycles. The maximum atomic E-state index is 14.3. The van der Waals surface area contributed by atoms with Gasteiger partial charge in [0.15, 0.2) is 5.82 Å². The molecule has 41 heavy (non-hydrogen) atoms. The van der Waals surface area contributed by atoms with E-state index in [2.05, 4.69) is 20.3 Å². The number of nitrogens with two attached hydrogens (primary N) is 1. The molecule has 2 unspecified atom stereocenters. The van der Waals surface area contributed by atoms with E-state index in [1.807, 2.05) is 0 Å². The highest BCUT2D eigenvalue weighted by Crippen LogP contribution is 2.46. The number of fused-ring (bicyclic) bond motifs is 2. The number of hydrogen-bond acceptors (Lipinski definition) is 9. The Kier molecular flexibility index (Phi) is 6.53. The fraction of sp³-hybridized carbons (Fsp3) is 0.429. The predicted molar refractivity (Wildman–Crippen MR) is 151 cm³/mol. The van der Waals surface area contributed by atoms with Crippen LogP contribution in [0.1, 0.15) is 56.3 Å². The summed E-state index contributed by atoms with van der Waals surface area (Å²) in [7, 11) is 0. The van der Waals surface area contributed by atoms with Crippen LogP contribution < -0.4 is 11.1 Å². The van der Waals surface area contributed by atoms with Gasteiger partial charge in [-0.15, -0.1) is 11.3 Å². The van der Waals surface area contributed by atoms with E-state index in [-0.39, 0.29) is 41.7 Å². The zero-order valence-corrected chi connectivity index (χ0v) is 23.7. The van der Waals surface area contributed by atoms with Gasteiger partial charge in [-0.2, -0.15) is 5.10 Å². The number of amides is 1. The highest BCUT2D eigenvalue weighted by atomic mass is 32.1. The van der Waals surface area contributed by atoms with Crippen molar-refractivity contribution >= 4 is 45.8 Å². The van der Waals surface area contributed by atoms with Crippen LogP contribution in [0, 0.1) is 11.2 Å². The highest BCUT2D eigenvalue weighted by molar-refractivity contribution is 7.10.